The average molecular weight is 474 g/mol. The molecule has 1 aromatic rings. The molecule has 0 saturated carbocycles. The molecule has 5 atom stereocenters. The van der Waals surface area contributed by atoms with Crippen molar-refractivity contribution < 1.29 is 39.2 Å². The first kappa shape index (κ1) is 24.2. The SMILES string of the molecule is CC(=O)C[C@@H](CC(=O)OC1=CC[C@@]2(O)[C@@H](C)N(C)CC[C@@]23c2c(C)ccc(O)c2O[C@@H]13)C(=O)O. The van der Waals surface area contributed by atoms with Gasteiger partial charge in [-0.15, -0.1) is 0 Å². The van der Waals surface area contributed by atoms with Crippen LogP contribution in [0.25, 0.3) is 0 Å². The molecule has 4 rings (SSSR count). The summed E-state index contributed by atoms with van der Waals surface area (Å²) < 4.78 is 11.9. The minimum Gasteiger partial charge on any atom is -0.504 e. The Hall–Kier alpha value is -2.91. The van der Waals surface area contributed by atoms with Crippen LogP contribution in [-0.4, -0.2) is 69.3 Å². The summed E-state index contributed by atoms with van der Waals surface area (Å²) in [6.45, 7) is 5.76. The van der Waals surface area contributed by atoms with Crippen LogP contribution in [0.15, 0.2) is 24.0 Å². The largest absolute Gasteiger partial charge is 0.504 e. The Labute approximate surface area is 198 Å². The van der Waals surface area contributed by atoms with Crippen molar-refractivity contribution in [2.45, 2.75) is 69.6 Å². The predicted molar refractivity (Wildman–Crippen MR) is 120 cm³/mol. The molecular formula is C25H31NO8. The van der Waals surface area contributed by atoms with E-state index in [9.17, 15) is 29.7 Å². The van der Waals surface area contributed by atoms with Gasteiger partial charge in [0.1, 0.15) is 11.5 Å². The number of fused-ring (bicyclic) bond motifs is 1. The number of aromatic hydroxyl groups is 1. The normalized spacial score (nSPS) is 30.8. The summed E-state index contributed by atoms with van der Waals surface area (Å²) in [5.41, 5.74) is -0.664. The summed E-state index contributed by atoms with van der Waals surface area (Å²) in [5.74, 6) is -3.15. The standard InChI is InChI=1S/C25H31NO8/c1-13-5-6-17(28)21-20(13)24-9-10-26(4)15(3)25(24,32)8-7-18(22(24)34-21)33-19(29)12-16(23(30)31)11-14(2)27/h5-7,15-16,22,28,32H,8-12H2,1-4H3,(H,30,31)/t15-,16+,22+,24+,25-/m1/s1. The second kappa shape index (κ2) is 8.39. The van der Waals surface area contributed by atoms with Crippen molar-refractivity contribution in [3.8, 4) is 11.5 Å². The molecule has 1 aromatic carbocycles. The number of rotatable bonds is 6. The topological polar surface area (TPSA) is 134 Å². The van der Waals surface area contributed by atoms with Gasteiger partial charge in [-0.2, -0.15) is 0 Å². The molecule has 0 unspecified atom stereocenters. The number of phenolic OH excluding ortho intramolecular Hbond substituents is 1. The number of carbonyl (C=O) groups excluding carboxylic acids is 2. The summed E-state index contributed by atoms with van der Waals surface area (Å²) in [6.07, 6.45) is 0.705. The molecule has 1 saturated heterocycles. The van der Waals surface area contributed by atoms with Gasteiger partial charge in [0.25, 0.3) is 0 Å². The number of aliphatic carboxylic acids is 1. The molecular weight excluding hydrogens is 442 g/mol. The number of benzene rings is 1. The van der Waals surface area contributed by atoms with Gasteiger partial charge >= 0.3 is 11.9 Å². The van der Waals surface area contributed by atoms with Crippen molar-refractivity contribution in [1.82, 2.24) is 4.90 Å². The van der Waals surface area contributed by atoms with Crippen molar-refractivity contribution in [2.75, 3.05) is 13.6 Å². The Kier molecular flexibility index (Phi) is 5.98. The van der Waals surface area contributed by atoms with Crippen molar-refractivity contribution in [3.63, 3.8) is 0 Å². The number of Topliss-reactive ketones (excluding diaryl/α,β-unsaturated/α-hetero) is 1. The highest BCUT2D eigenvalue weighted by atomic mass is 16.6. The minimum atomic E-state index is -1.26. The second-order valence-electron chi connectivity index (χ2n) is 9.84. The van der Waals surface area contributed by atoms with Crippen LogP contribution >= 0.6 is 0 Å². The molecule has 2 heterocycles. The third-order valence-corrected chi connectivity index (χ3v) is 7.86. The molecule has 3 N–H and O–H groups in total. The number of carboxylic acids is 1. The van der Waals surface area contributed by atoms with Crippen LogP contribution in [0.2, 0.25) is 0 Å². The number of nitrogens with zero attached hydrogens (tertiary/aromatic N) is 1. The lowest BCUT2D eigenvalue weighted by Crippen LogP contribution is -2.71. The lowest BCUT2D eigenvalue weighted by atomic mass is 9.54. The van der Waals surface area contributed by atoms with E-state index in [1.807, 2.05) is 20.9 Å². The number of carbonyl (C=O) groups is 3. The Balaban J connectivity index is 1.73. The van der Waals surface area contributed by atoms with E-state index < -0.39 is 41.4 Å². The molecule has 0 amide bonds. The number of hydrogen-bond donors (Lipinski definition) is 3. The predicted octanol–water partition coefficient (Wildman–Crippen LogP) is 2.06. The maximum atomic E-state index is 12.7. The molecule has 9 nitrogen and oxygen atoms in total. The zero-order chi connectivity index (χ0) is 25.0. The second-order valence-corrected chi connectivity index (χ2v) is 9.84. The summed E-state index contributed by atoms with van der Waals surface area (Å²) in [5, 5.41) is 32.1. The van der Waals surface area contributed by atoms with Gasteiger partial charge in [0, 0.05) is 24.4 Å². The molecule has 34 heavy (non-hydrogen) atoms. The van der Waals surface area contributed by atoms with Crippen molar-refractivity contribution in [1.29, 1.82) is 0 Å². The first-order chi connectivity index (χ1) is 15.9. The Bertz CT molecular complexity index is 1080. The molecule has 1 spiro atoms. The number of carboxylic acid groups (broad SMARTS) is 1. The number of hydrogen-bond acceptors (Lipinski definition) is 8. The summed E-state index contributed by atoms with van der Waals surface area (Å²) in [6, 6.07) is 3.07. The molecule has 9 heteroatoms. The Morgan fingerprint density at radius 3 is 2.65 bits per heavy atom. The van der Waals surface area contributed by atoms with Crippen LogP contribution in [0.5, 0.6) is 11.5 Å². The molecule has 0 bridgehead atoms. The number of aliphatic hydroxyl groups is 1. The highest BCUT2D eigenvalue weighted by molar-refractivity contribution is 5.85. The van der Waals surface area contributed by atoms with Crippen LogP contribution < -0.4 is 4.74 Å². The van der Waals surface area contributed by atoms with Gasteiger partial charge < -0.3 is 34.5 Å². The van der Waals surface area contributed by atoms with Gasteiger partial charge in [0.15, 0.2) is 17.6 Å². The summed E-state index contributed by atoms with van der Waals surface area (Å²) in [7, 11) is 1.94. The van der Waals surface area contributed by atoms with E-state index in [0.717, 1.165) is 5.56 Å². The van der Waals surface area contributed by atoms with Gasteiger partial charge in [-0.1, -0.05) is 6.07 Å². The van der Waals surface area contributed by atoms with Gasteiger partial charge in [-0.25, -0.2) is 0 Å². The van der Waals surface area contributed by atoms with Crippen LogP contribution in [0.3, 0.4) is 0 Å². The van der Waals surface area contributed by atoms with E-state index in [1.165, 1.54) is 13.0 Å². The fraction of sp³-hybridized carbons (Fsp3) is 0.560. The summed E-state index contributed by atoms with van der Waals surface area (Å²) in [4.78, 5) is 37.7. The number of ketones is 1. The lowest BCUT2D eigenvalue weighted by Gasteiger charge is -2.58. The van der Waals surface area contributed by atoms with E-state index >= 15 is 0 Å². The Morgan fingerprint density at radius 1 is 1.29 bits per heavy atom. The molecule has 1 fully saturated rings. The van der Waals surface area contributed by atoms with Crippen LogP contribution in [0, 0.1) is 12.8 Å². The van der Waals surface area contributed by atoms with E-state index in [4.69, 9.17) is 9.47 Å². The van der Waals surface area contributed by atoms with Crippen LogP contribution in [-0.2, 0) is 24.5 Å². The van der Waals surface area contributed by atoms with Gasteiger partial charge in [-0.3, -0.25) is 9.59 Å². The Morgan fingerprint density at radius 2 is 2.00 bits per heavy atom. The molecule has 184 valence electrons. The van der Waals surface area contributed by atoms with Crippen LogP contribution in [0.1, 0.15) is 50.7 Å². The fourth-order valence-electron chi connectivity index (χ4n) is 5.97. The van der Waals surface area contributed by atoms with Crippen LogP contribution in [0.4, 0.5) is 0 Å². The number of aryl methyl sites for hydroxylation is 1. The van der Waals surface area contributed by atoms with E-state index in [1.54, 1.807) is 12.1 Å². The number of piperidine rings is 1. The van der Waals surface area contributed by atoms with E-state index in [2.05, 4.69) is 4.90 Å². The minimum absolute atomic E-state index is 0.0589. The van der Waals surface area contributed by atoms with Gasteiger partial charge in [0.2, 0.25) is 0 Å². The highest BCUT2D eigenvalue weighted by Crippen LogP contribution is 2.62. The average Bonchev–Trinajstić information content (AvgIpc) is 3.13. The molecule has 0 radical (unpaired) electrons. The number of likely N-dealkylation sites (tertiary alicyclic amines) is 1. The van der Waals surface area contributed by atoms with Crippen molar-refractivity contribution in [2.24, 2.45) is 5.92 Å². The number of likely N-dealkylation sites (N-methyl/N-ethyl adjacent to an activating group) is 1. The third kappa shape index (κ3) is 3.49. The van der Waals surface area contributed by atoms with E-state index in [-0.39, 0.29) is 41.9 Å². The molecule has 1 aliphatic carbocycles. The van der Waals surface area contributed by atoms with Crippen molar-refractivity contribution >= 4 is 17.7 Å². The van der Waals surface area contributed by atoms with Crippen molar-refractivity contribution in [3.05, 3.63) is 35.1 Å². The van der Waals surface area contributed by atoms with Gasteiger partial charge in [0.05, 0.1) is 23.4 Å². The maximum absolute atomic E-state index is 12.7. The first-order valence-electron chi connectivity index (χ1n) is 11.5. The van der Waals surface area contributed by atoms with Gasteiger partial charge in [-0.05, 0) is 58.5 Å². The first-order valence-corrected chi connectivity index (χ1v) is 11.5. The van der Waals surface area contributed by atoms with E-state index in [0.29, 0.717) is 18.5 Å². The number of esters is 1. The summed E-state index contributed by atoms with van der Waals surface area (Å²) >= 11 is 0. The quantitative estimate of drug-likeness (QED) is 0.531. The number of ether oxygens (including phenoxy) is 2. The zero-order valence-electron chi connectivity index (χ0n) is 19.8. The molecule has 0 aromatic heterocycles. The zero-order valence-corrected chi connectivity index (χ0v) is 19.8. The molecule has 3 aliphatic rings. The fourth-order valence-corrected chi connectivity index (χ4v) is 5.97. The third-order valence-electron chi connectivity index (χ3n) is 7.86. The number of phenols is 1. The monoisotopic (exact) mass is 473 g/mol. The smallest absolute Gasteiger partial charge is 0.311 e. The molecule has 2 aliphatic heterocycles. The lowest BCUT2D eigenvalue weighted by molar-refractivity contribution is -0.163. The highest BCUT2D eigenvalue weighted by Gasteiger charge is 2.69. The maximum Gasteiger partial charge on any atom is 0.311 e.